The van der Waals surface area contributed by atoms with Crippen LogP contribution in [0.2, 0.25) is 0 Å². The highest BCUT2D eigenvalue weighted by molar-refractivity contribution is 5.93. The normalized spacial score (nSPS) is 9.95. The summed E-state index contributed by atoms with van der Waals surface area (Å²) in [6.07, 6.45) is 3.04. The van der Waals surface area contributed by atoms with E-state index in [-0.39, 0.29) is 18.0 Å². The Kier molecular flexibility index (Phi) is 3.92. The van der Waals surface area contributed by atoms with Crippen molar-refractivity contribution in [3.63, 3.8) is 0 Å². The number of aromatic nitrogens is 2. The van der Waals surface area contributed by atoms with E-state index in [0.717, 1.165) is 5.56 Å². The van der Waals surface area contributed by atoms with E-state index in [4.69, 9.17) is 4.74 Å². The number of amides is 1. The second-order valence-corrected chi connectivity index (χ2v) is 3.80. The number of carbonyl (C=O) groups excluding carboxylic acids is 1. The number of nitrogens with zero attached hydrogens (tertiary/aromatic N) is 1. The van der Waals surface area contributed by atoms with Gasteiger partial charge in [-0.05, 0) is 12.1 Å². The number of rotatable bonds is 4. The molecule has 98 valence electrons. The minimum atomic E-state index is -0.322. The highest BCUT2D eigenvalue weighted by Crippen LogP contribution is 2.12. The van der Waals surface area contributed by atoms with Crippen molar-refractivity contribution in [2.75, 3.05) is 7.11 Å². The molecule has 0 aliphatic heterocycles. The maximum absolute atomic E-state index is 11.8. The van der Waals surface area contributed by atoms with E-state index >= 15 is 0 Å². The molecule has 19 heavy (non-hydrogen) atoms. The molecule has 2 aromatic rings. The fourth-order valence-corrected chi connectivity index (χ4v) is 1.61. The van der Waals surface area contributed by atoms with Gasteiger partial charge in [-0.3, -0.25) is 9.59 Å². The van der Waals surface area contributed by atoms with Crippen LogP contribution in [0.25, 0.3) is 0 Å². The molecule has 2 N–H and O–H groups in total. The smallest absolute Gasteiger partial charge is 0.251 e. The molecule has 0 radical (unpaired) electrons. The summed E-state index contributed by atoms with van der Waals surface area (Å²) >= 11 is 0. The fourth-order valence-electron chi connectivity index (χ4n) is 1.61. The first kappa shape index (κ1) is 12.8. The van der Waals surface area contributed by atoms with Crippen molar-refractivity contribution < 1.29 is 9.53 Å². The molecule has 0 spiro atoms. The molecular weight excluding hydrogens is 246 g/mol. The molecule has 0 fully saturated rings. The van der Waals surface area contributed by atoms with Gasteiger partial charge in [-0.25, -0.2) is 4.98 Å². The number of ether oxygens (including phenoxy) is 1. The second kappa shape index (κ2) is 5.81. The molecule has 0 aromatic carbocycles. The molecule has 0 unspecified atom stereocenters. The molecule has 2 aromatic heterocycles. The Labute approximate surface area is 109 Å². The lowest BCUT2D eigenvalue weighted by atomic mass is 10.2. The Balaban J connectivity index is 2.06. The number of pyridine rings is 2. The standard InChI is InChI=1S/C13H13N3O3/c1-19-13-10(3-2-5-15-13)8-16-12(18)9-4-6-14-11(17)7-9/h2-7H,8H2,1H3,(H,14,17)(H,16,18). The molecule has 0 aliphatic carbocycles. The molecule has 0 saturated carbocycles. The number of nitrogens with one attached hydrogen (secondary N) is 2. The van der Waals surface area contributed by atoms with Gasteiger partial charge in [0.2, 0.25) is 11.4 Å². The van der Waals surface area contributed by atoms with Crippen LogP contribution in [0.5, 0.6) is 5.88 Å². The van der Waals surface area contributed by atoms with Crippen LogP contribution in [0.3, 0.4) is 0 Å². The molecule has 0 bridgehead atoms. The monoisotopic (exact) mass is 259 g/mol. The summed E-state index contributed by atoms with van der Waals surface area (Å²) in [5, 5.41) is 2.71. The molecule has 0 saturated heterocycles. The van der Waals surface area contributed by atoms with Crippen LogP contribution >= 0.6 is 0 Å². The highest BCUT2D eigenvalue weighted by Gasteiger charge is 2.08. The lowest BCUT2D eigenvalue weighted by Crippen LogP contribution is -2.24. The largest absolute Gasteiger partial charge is 0.481 e. The van der Waals surface area contributed by atoms with Gasteiger partial charge in [0.05, 0.1) is 7.11 Å². The molecule has 2 heterocycles. The Morgan fingerprint density at radius 2 is 2.32 bits per heavy atom. The summed E-state index contributed by atoms with van der Waals surface area (Å²) in [5.74, 6) is 0.144. The molecule has 6 nitrogen and oxygen atoms in total. The van der Waals surface area contributed by atoms with Crippen molar-refractivity contribution in [3.8, 4) is 5.88 Å². The summed E-state index contributed by atoms with van der Waals surface area (Å²) in [6.45, 7) is 0.280. The molecule has 1 amide bonds. The van der Waals surface area contributed by atoms with Crippen LogP contribution in [0, 0.1) is 0 Å². The quantitative estimate of drug-likeness (QED) is 0.847. The van der Waals surface area contributed by atoms with Crippen LogP contribution < -0.4 is 15.6 Å². The third-order valence-electron chi connectivity index (χ3n) is 2.52. The zero-order valence-corrected chi connectivity index (χ0v) is 10.3. The van der Waals surface area contributed by atoms with Gasteiger partial charge in [0.15, 0.2) is 0 Å². The number of methoxy groups -OCH3 is 1. The number of carbonyl (C=O) groups is 1. The van der Waals surface area contributed by atoms with Crippen LogP contribution in [0.1, 0.15) is 15.9 Å². The Morgan fingerprint density at radius 1 is 1.47 bits per heavy atom. The minimum absolute atomic E-state index is 0.280. The van der Waals surface area contributed by atoms with E-state index in [1.165, 1.54) is 25.4 Å². The van der Waals surface area contributed by atoms with Gasteiger partial charge in [0, 0.05) is 36.1 Å². The molecule has 6 heteroatoms. The summed E-state index contributed by atoms with van der Waals surface area (Å²) < 4.78 is 5.09. The lowest BCUT2D eigenvalue weighted by Gasteiger charge is -2.08. The SMILES string of the molecule is COc1ncccc1CNC(=O)c1cc[nH]c(=O)c1. The topological polar surface area (TPSA) is 84.1 Å². The number of hydrogen-bond acceptors (Lipinski definition) is 4. The van der Waals surface area contributed by atoms with Gasteiger partial charge in [-0.1, -0.05) is 6.07 Å². The minimum Gasteiger partial charge on any atom is -0.481 e. The van der Waals surface area contributed by atoms with E-state index in [1.807, 2.05) is 6.07 Å². The third kappa shape index (κ3) is 3.19. The van der Waals surface area contributed by atoms with E-state index in [1.54, 1.807) is 12.3 Å². The van der Waals surface area contributed by atoms with E-state index in [9.17, 15) is 9.59 Å². The number of H-pyrrole nitrogens is 1. The zero-order valence-electron chi connectivity index (χ0n) is 10.3. The summed E-state index contributed by atoms with van der Waals surface area (Å²) in [4.78, 5) is 29.4. The fraction of sp³-hybridized carbons (Fsp3) is 0.154. The van der Waals surface area contributed by atoms with Crippen molar-refractivity contribution in [1.82, 2.24) is 15.3 Å². The average Bonchev–Trinajstić information content (AvgIpc) is 2.45. The number of hydrogen-bond donors (Lipinski definition) is 2. The maximum Gasteiger partial charge on any atom is 0.251 e. The first-order valence-electron chi connectivity index (χ1n) is 5.65. The molecule has 2 rings (SSSR count). The van der Waals surface area contributed by atoms with Gasteiger partial charge >= 0.3 is 0 Å². The Bertz CT molecular complexity index is 637. The van der Waals surface area contributed by atoms with Gasteiger partial charge < -0.3 is 15.0 Å². The molecule has 0 aliphatic rings. The Hall–Kier alpha value is -2.63. The Morgan fingerprint density at radius 3 is 3.05 bits per heavy atom. The summed E-state index contributed by atoms with van der Waals surface area (Å²) in [5.41, 5.74) is 0.765. The summed E-state index contributed by atoms with van der Waals surface area (Å²) in [7, 11) is 1.52. The van der Waals surface area contributed by atoms with Crippen LogP contribution in [0.4, 0.5) is 0 Å². The predicted octanol–water partition coefficient (Wildman–Crippen LogP) is 0.709. The average molecular weight is 259 g/mol. The van der Waals surface area contributed by atoms with Crippen molar-refractivity contribution >= 4 is 5.91 Å². The number of aromatic amines is 1. The molecular formula is C13H13N3O3. The van der Waals surface area contributed by atoms with Crippen molar-refractivity contribution in [1.29, 1.82) is 0 Å². The molecule has 0 atom stereocenters. The van der Waals surface area contributed by atoms with E-state index < -0.39 is 0 Å². The first-order valence-corrected chi connectivity index (χ1v) is 5.65. The van der Waals surface area contributed by atoms with E-state index in [0.29, 0.717) is 11.4 Å². The zero-order chi connectivity index (χ0) is 13.7. The van der Waals surface area contributed by atoms with Gasteiger partial charge in [0.25, 0.3) is 5.91 Å². The lowest BCUT2D eigenvalue weighted by molar-refractivity contribution is 0.0950. The van der Waals surface area contributed by atoms with Crippen molar-refractivity contribution in [2.45, 2.75) is 6.54 Å². The van der Waals surface area contributed by atoms with Gasteiger partial charge in [0.1, 0.15) is 0 Å². The summed E-state index contributed by atoms with van der Waals surface area (Å²) in [6, 6.07) is 6.36. The first-order chi connectivity index (χ1) is 9.20. The maximum atomic E-state index is 11.8. The van der Waals surface area contributed by atoms with E-state index in [2.05, 4.69) is 15.3 Å². The van der Waals surface area contributed by atoms with Crippen LogP contribution in [-0.4, -0.2) is 23.0 Å². The van der Waals surface area contributed by atoms with Gasteiger partial charge in [-0.15, -0.1) is 0 Å². The van der Waals surface area contributed by atoms with Crippen LogP contribution in [0.15, 0.2) is 41.5 Å². The highest BCUT2D eigenvalue weighted by atomic mass is 16.5. The van der Waals surface area contributed by atoms with Gasteiger partial charge in [-0.2, -0.15) is 0 Å². The van der Waals surface area contributed by atoms with Crippen molar-refractivity contribution in [2.24, 2.45) is 0 Å². The second-order valence-electron chi connectivity index (χ2n) is 3.80. The predicted molar refractivity (Wildman–Crippen MR) is 69.0 cm³/mol. The van der Waals surface area contributed by atoms with Crippen LogP contribution in [-0.2, 0) is 6.54 Å². The third-order valence-corrected chi connectivity index (χ3v) is 2.52. The van der Waals surface area contributed by atoms with Crippen molar-refractivity contribution in [3.05, 3.63) is 58.1 Å².